The number of hydrogen-bond donors (Lipinski definition) is 1. The predicted molar refractivity (Wildman–Crippen MR) is 85.2 cm³/mol. The molecular formula is C17H17NO2S. The van der Waals surface area contributed by atoms with Gasteiger partial charge in [-0.25, -0.2) is 4.98 Å². The minimum atomic E-state index is -0.491. The van der Waals surface area contributed by atoms with Gasteiger partial charge in [-0.1, -0.05) is 44.2 Å². The molecule has 3 rings (SSSR count). The number of rotatable bonds is 2. The van der Waals surface area contributed by atoms with E-state index >= 15 is 0 Å². The number of carbonyl (C=O) groups excluding carboxylic acids is 1. The van der Waals surface area contributed by atoms with Crippen LogP contribution < -0.4 is 0 Å². The molecule has 0 unspecified atom stereocenters. The molecular weight excluding hydrogens is 282 g/mol. The first kappa shape index (κ1) is 14.0. The first-order valence-electron chi connectivity index (χ1n) is 6.90. The van der Waals surface area contributed by atoms with E-state index in [0.29, 0.717) is 17.7 Å². The number of Topliss-reactive ketones (excluding diaryl/α,β-unsaturated/α-hetero) is 1. The van der Waals surface area contributed by atoms with Gasteiger partial charge in [-0.3, -0.25) is 4.79 Å². The smallest absolute Gasteiger partial charge is 0.169 e. The summed E-state index contributed by atoms with van der Waals surface area (Å²) in [7, 11) is 0. The summed E-state index contributed by atoms with van der Waals surface area (Å²) in [6.45, 7) is 5.71. The van der Waals surface area contributed by atoms with Gasteiger partial charge in [0.15, 0.2) is 5.78 Å². The fourth-order valence-electron chi connectivity index (χ4n) is 2.62. The molecule has 0 saturated carbocycles. The molecule has 0 atom stereocenters. The number of aliphatic hydroxyl groups excluding tert-OH is 1. The van der Waals surface area contributed by atoms with E-state index in [4.69, 9.17) is 0 Å². The molecule has 0 fully saturated rings. The van der Waals surface area contributed by atoms with Gasteiger partial charge >= 0.3 is 0 Å². The third kappa shape index (κ3) is 2.29. The molecule has 1 N–H and O–H groups in total. The zero-order chi connectivity index (χ0) is 15.2. The number of carbonyl (C=O) groups is 1. The number of aromatic nitrogens is 1. The van der Waals surface area contributed by atoms with Crippen LogP contribution in [0.2, 0.25) is 0 Å². The highest BCUT2D eigenvalue weighted by atomic mass is 32.1. The Morgan fingerprint density at radius 3 is 2.48 bits per heavy atom. The summed E-state index contributed by atoms with van der Waals surface area (Å²) in [6.07, 6.45) is 0.339. The normalized spacial score (nSPS) is 17.6. The van der Waals surface area contributed by atoms with Crippen molar-refractivity contribution in [1.29, 1.82) is 0 Å². The minimum absolute atomic E-state index is 0.0227. The van der Waals surface area contributed by atoms with Crippen molar-refractivity contribution in [2.24, 2.45) is 5.41 Å². The van der Waals surface area contributed by atoms with Crippen LogP contribution in [0.3, 0.4) is 0 Å². The van der Waals surface area contributed by atoms with Crippen LogP contribution in [0.4, 0.5) is 0 Å². The lowest BCUT2D eigenvalue weighted by Gasteiger charge is -2.15. The van der Waals surface area contributed by atoms with Crippen LogP contribution in [-0.4, -0.2) is 15.9 Å². The third-order valence-corrected chi connectivity index (χ3v) is 4.83. The Morgan fingerprint density at radius 2 is 1.90 bits per heavy atom. The summed E-state index contributed by atoms with van der Waals surface area (Å²) in [5.41, 5.74) is 1.57. The molecule has 0 spiro atoms. The monoisotopic (exact) mass is 299 g/mol. The average Bonchev–Trinajstić information content (AvgIpc) is 2.90. The SMILES string of the molecule is Cc1sc(-c2ccccc2)nc1C1=C(O)C(C)(C)CC1=O. The fraction of sp³-hybridized carbons (Fsp3) is 0.294. The zero-order valence-corrected chi connectivity index (χ0v) is 13.1. The summed E-state index contributed by atoms with van der Waals surface area (Å²) >= 11 is 1.55. The molecule has 1 aromatic carbocycles. The molecule has 0 aliphatic heterocycles. The Kier molecular flexibility index (Phi) is 3.21. The second kappa shape index (κ2) is 4.81. The van der Waals surface area contributed by atoms with Crippen LogP contribution in [0, 0.1) is 12.3 Å². The van der Waals surface area contributed by atoms with Crippen LogP contribution in [0.5, 0.6) is 0 Å². The quantitative estimate of drug-likeness (QED) is 0.895. The number of nitrogens with zero attached hydrogens (tertiary/aromatic N) is 1. The summed E-state index contributed by atoms with van der Waals surface area (Å²) in [5, 5.41) is 11.2. The highest BCUT2D eigenvalue weighted by Crippen LogP contribution is 2.44. The Morgan fingerprint density at radius 1 is 1.24 bits per heavy atom. The summed E-state index contributed by atoms with van der Waals surface area (Å²) in [5.74, 6) is 0.144. The van der Waals surface area contributed by atoms with Gasteiger partial charge < -0.3 is 5.11 Å². The number of hydrogen-bond acceptors (Lipinski definition) is 4. The van der Waals surface area contributed by atoms with E-state index in [-0.39, 0.29) is 11.5 Å². The molecule has 1 aromatic heterocycles. The Labute approximate surface area is 128 Å². The maximum Gasteiger partial charge on any atom is 0.169 e. The zero-order valence-electron chi connectivity index (χ0n) is 12.3. The molecule has 0 bridgehead atoms. The number of allylic oxidation sites excluding steroid dienone is 2. The van der Waals surface area contributed by atoms with Gasteiger partial charge in [0.05, 0.1) is 11.3 Å². The van der Waals surface area contributed by atoms with Crippen LogP contribution in [-0.2, 0) is 4.79 Å². The van der Waals surface area contributed by atoms with Crippen molar-refractivity contribution in [2.75, 3.05) is 0 Å². The first-order chi connectivity index (χ1) is 9.90. The van der Waals surface area contributed by atoms with E-state index in [1.54, 1.807) is 11.3 Å². The van der Waals surface area contributed by atoms with Crippen LogP contribution in [0.15, 0.2) is 36.1 Å². The van der Waals surface area contributed by atoms with Gasteiger partial charge in [-0.05, 0) is 6.92 Å². The number of thiazole rings is 1. The predicted octanol–water partition coefficient (Wildman–Crippen LogP) is 4.39. The summed E-state index contributed by atoms with van der Waals surface area (Å²) in [4.78, 5) is 17.8. The van der Waals surface area contributed by atoms with Crippen molar-refractivity contribution < 1.29 is 9.90 Å². The molecule has 0 saturated heterocycles. The lowest BCUT2D eigenvalue weighted by molar-refractivity contribution is -0.114. The van der Waals surface area contributed by atoms with Gasteiger partial charge in [0, 0.05) is 22.3 Å². The van der Waals surface area contributed by atoms with Gasteiger partial charge in [-0.15, -0.1) is 11.3 Å². The second-order valence-corrected chi connectivity index (χ2v) is 7.20. The molecule has 21 heavy (non-hydrogen) atoms. The molecule has 108 valence electrons. The average molecular weight is 299 g/mol. The van der Waals surface area contributed by atoms with E-state index in [0.717, 1.165) is 15.4 Å². The maximum atomic E-state index is 12.2. The van der Waals surface area contributed by atoms with E-state index in [1.165, 1.54) is 0 Å². The molecule has 4 heteroatoms. The van der Waals surface area contributed by atoms with E-state index in [1.807, 2.05) is 51.1 Å². The van der Waals surface area contributed by atoms with E-state index in [9.17, 15) is 9.90 Å². The largest absolute Gasteiger partial charge is 0.511 e. The van der Waals surface area contributed by atoms with Crippen LogP contribution in [0.25, 0.3) is 16.1 Å². The lowest BCUT2D eigenvalue weighted by atomic mass is 9.91. The van der Waals surface area contributed by atoms with Crippen molar-refractivity contribution >= 4 is 22.7 Å². The van der Waals surface area contributed by atoms with Crippen LogP contribution in [0.1, 0.15) is 30.8 Å². The highest BCUT2D eigenvalue weighted by molar-refractivity contribution is 7.15. The maximum absolute atomic E-state index is 12.2. The first-order valence-corrected chi connectivity index (χ1v) is 7.72. The second-order valence-electron chi connectivity index (χ2n) is 6.00. The van der Waals surface area contributed by atoms with Gasteiger partial charge in [0.25, 0.3) is 0 Å². The Balaban J connectivity index is 2.11. The molecule has 1 heterocycles. The minimum Gasteiger partial charge on any atom is -0.511 e. The van der Waals surface area contributed by atoms with Crippen molar-refractivity contribution in [3.8, 4) is 10.6 Å². The van der Waals surface area contributed by atoms with Crippen molar-refractivity contribution in [3.05, 3.63) is 46.7 Å². The molecule has 2 aromatic rings. The number of aliphatic hydroxyl groups is 1. The van der Waals surface area contributed by atoms with Gasteiger partial charge in [0.1, 0.15) is 10.8 Å². The van der Waals surface area contributed by atoms with Crippen molar-refractivity contribution in [3.63, 3.8) is 0 Å². The topological polar surface area (TPSA) is 50.2 Å². The molecule has 1 aliphatic carbocycles. The Bertz CT molecular complexity index is 741. The van der Waals surface area contributed by atoms with Crippen molar-refractivity contribution in [2.45, 2.75) is 27.2 Å². The Hall–Kier alpha value is -1.94. The molecule has 0 amide bonds. The van der Waals surface area contributed by atoms with E-state index in [2.05, 4.69) is 4.98 Å². The molecule has 0 radical (unpaired) electrons. The van der Waals surface area contributed by atoms with Crippen LogP contribution >= 0.6 is 11.3 Å². The standard InChI is InChI=1S/C17H17NO2S/c1-10-14(13-12(19)9-17(2,3)15(13)20)18-16(21-10)11-7-5-4-6-8-11/h4-8,20H,9H2,1-3H3. The van der Waals surface area contributed by atoms with E-state index < -0.39 is 5.41 Å². The lowest BCUT2D eigenvalue weighted by Crippen LogP contribution is -2.10. The fourth-order valence-corrected chi connectivity index (χ4v) is 3.55. The number of aryl methyl sites for hydroxylation is 1. The van der Waals surface area contributed by atoms with Crippen molar-refractivity contribution in [1.82, 2.24) is 4.98 Å². The number of benzene rings is 1. The number of ketones is 1. The van der Waals surface area contributed by atoms with Gasteiger partial charge in [-0.2, -0.15) is 0 Å². The molecule has 1 aliphatic rings. The van der Waals surface area contributed by atoms with Gasteiger partial charge in [0.2, 0.25) is 0 Å². The summed E-state index contributed by atoms with van der Waals surface area (Å²) < 4.78 is 0. The highest BCUT2D eigenvalue weighted by Gasteiger charge is 2.40. The third-order valence-electron chi connectivity index (χ3n) is 3.81. The molecule has 3 nitrogen and oxygen atoms in total. The summed E-state index contributed by atoms with van der Waals surface area (Å²) in [6, 6.07) is 9.88.